The van der Waals surface area contributed by atoms with Gasteiger partial charge in [0, 0.05) is 19.0 Å². The van der Waals surface area contributed by atoms with Crippen LogP contribution in [0.25, 0.3) is 0 Å². The summed E-state index contributed by atoms with van der Waals surface area (Å²) >= 11 is 0. The molecule has 2 heterocycles. The largest absolute Gasteiger partial charge is 0.339 e. The fraction of sp³-hybridized carbons (Fsp3) is 0.938. The van der Waals surface area contributed by atoms with Gasteiger partial charge in [-0.25, -0.2) is 0 Å². The van der Waals surface area contributed by atoms with Crippen LogP contribution in [0.1, 0.15) is 64.7 Å². The lowest BCUT2D eigenvalue weighted by molar-refractivity contribution is -0.135. The number of piperidine rings is 1. The van der Waals surface area contributed by atoms with Crippen LogP contribution in [0.3, 0.4) is 0 Å². The highest BCUT2D eigenvalue weighted by molar-refractivity contribution is 5.76. The maximum atomic E-state index is 12.5. The Labute approximate surface area is 118 Å². The Balaban J connectivity index is 1.99. The zero-order valence-corrected chi connectivity index (χ0v) is 12.5. The molecule has 0 radical (unpaired) electrons. The van der Waals surface area contributed by atoms with Crippen LogP contribution in [-0.4, -0.2) is 36.5 Å². The van der Waals surface area contributed by atoms with E-state index >= 15 is 0 Å². The highest BCUT2D eigenvalue weighted by Gasteiger charge is 2.31. The van der Waals surface area contributed by atoms with Crippen LogP contribution in [-0.2, 0) is 4.79 Å². The smallest absolute Gasteiger partial charge is 0.222 e. The number of likely N-dealkylation sites (tertiary alicyclic amines) is 1. The molecule has 2 aliphatic heterocycles. The summed E-state index contributed by atoms with van der Waals surface area (Å²) in [4.78, 5) is 14.7. The Bertz CT molecular complexity index is 274. The van der Waals surface area contributed by atoms with Crippen molar-refractivity contribution in [3.8, 4) is 0 Å². The number of nitrogens with zero attached hydrogens (tertiary/aromatic N) is 1. The molecule has 0 aromatic rings. The van der Waals surface area contributed by atoms with E-state index in [-0.39, 0.29) is 0 Å². The van der Waals surface area contributed by atoms with Gasteiger partial charge in [0.15, 0.2) is 0 Å². The number of nitrogens with one attached hydrogen (secondary N) is 1. The van der Waals surface area contributed by atoms with Gasteiger partial charge in [0.25, 0.3) is 0 Å². The van der Waals surface area contributed by atoms with Gasteiger partial charge in [-0.15, -0.1) is 0 Å². The molecule has 2 fully saturated rings. The number of amides is 1. The third-order valence-corrected chi connectivity index (χ3v) is 4.79. The van der Waals surface area contributed by atoms with Gasteiger partial charge in [-0.1, -0.05) is 26.2 Å². The predicted octanol–water partition coefficient (Wildman–Crippen LogP) is 2.95. The first-order chi connectivity index (χ1) is 9.33. The highest BCUT2D eigenvalue weighted by Crippen LogP contribution is 2.28. The molecule has 3 nitrogen and oxygen atoms in total. The molecule has 110 valence electrons. The van der Waals surface area contributed by atoms with Crippen LogP contribution in [0.4, 0.5) is 0 Å². The van der Waals surface area contributed by atoms with Crippen LogP contribution < -0.4 is 5.32 Å². The van der Waals surface area contributed by atoms with Crippen molar-refractivity contribution in [3.63, 3.8) is 0 Å². The monoisotopic (exact) mass is 266 g/mol. The second-order valence-corrected chi connectivity index (χ2v) is 6.19. The summed E-state index contributed by atoms with van der Waals surface area (Å²) in [5.74, 6) is 1.16. The Hall–Kier alpha value is -0.570. The number of rotatable bonds is 4. The van der Waals surface area contributed by atoms with E-state index in [2.05, 4.69) is 17.1 Å². The first-order valence-electron chi connectivity index (χ1n) is 8.33. The number of carbonyl (C=O) groups excluding carboxylic acids is 1. The van der Waals surface area contributed by atoms with E-state index in [9.17, 15) is 4.79 Å². The minimum atomic E-state index is 0.423. The highest BCUT2D eigenvalue weighted by atomic mass is 16.2. The average molecular weight is 266 g/mol. The Morgan fingerprint density at radius 3 is 2.68 bits per heavy atom. The van der Waals surface area contributed by atoms with Gasteiger partial charge < -0.3 is 10.2 Å². The van der Waals surface area contributed by atoms with E-state index in [4.69, 9.17) is 0 Å². The van der Waals surface area contributed by atoms with E-state index in [0.717, 1.165) is 44.8 Å². The molecule has 2 aliphatic rings. The predicted molar refractivity (Wildman–Crippen MR) is 79.1 cm³/mol. The van der Waals surface area contributed by atoms with Crippen molar-refractivity contribution in [2.75, 3.05) is 19.6 Å². The van der Waals surface area contributed by atoms with Crippen molar-refractivity contribution < 1.29 is 4.79 Å². The first kappa shape index (κ1) is 14.8. The summed E-state index contributed by atoms with van der Waals surface area (Å²) < 4.78 is 0. The van der Waals surface area contributed by atoms with E-state index in [0.29, 0.717) is 11.9 Å². The third kappa shape index (κ3) is 4.20. The van der Waals surface area contributed by atoms with Gasteiger partial charge in [-0.2, -0.15) is 0 Å². The van der Waals surface area contributed by atoms with E-state index in [1.807, 2.05) is 0 Å². The van der Waals surface area contributed by atoms with Crippen LogP contribution >= 0.6 is 0 Å². The molecule has 0 aromatic heterocycles. The average Bonchev–Trinajstić information content (AvgIpc) is 2.71. The van der Waals surface area contributed by atoms with Crippen molar-refractivity contribution in [1.82, 2.24) is 10.2 Å². The van der Waals surface area contributed by atoms with Gasteiger partial charge in [-0.05, 0) is 51.1 Å². The molecular formula is C16H30N2O. The van der Waals surface area contributed by atoms with Crippen molar-refractivity contribution in [1.29, 1.82) is 0 Å². The zero-order valence-electron chi connectivity index (χ0n) is 12.5. The molecule has 1 amide bonds. The molecule has 3 heteroatoms. The molecule has 0 aliphatic carbocycles. The molecule has 1 N–H and O–H groups in total. The van der Waals surface area contributed by atoms with Gasteiger partial charge >= 0.3 is 0 Å². The van der Waals surface area contributed by atoms with E-state index in [1.165, 1.54) is 38.5 Å². The molecule has 2 saturated heterocycles. The lowest BCUT2D eigenvalue weighted by Gasteiger charge is -2.38. The van der Waals surface area contributed by atoms with Crippen LogP contribution in [0, 0.1) is 5.92 Å². The molecule has 0 aromatic carbocycles. The molecule has 1 atom stereocenters. The van der Waals surface area contributed by atoms with Crippen LogP contribution in [0.2, 0.25) is 0 Å². The van der Waals surface area contributed by atoms with Gasteiger partial charge in [-0.3, -0.25) is 4.79 Å². The Kier molecular flexibility index (Phi) is 6.15. The maximum Gasteiger partial charge on any atom is 0.222 e. The zero-order chi connectivity index (χ0) is 13.5. The summed E-state index contributed by atoms with van der Waals surface area (Å²) in [7, 11) is 0. The quantitative estimate of drug-likeness (QED) is 0.848. The fourth-order valence-corrected chi connectivity index (χ4v) is 3.63. The van der Waals surface area contributed by atoms with Crippen LogP contribution in [0.15, 0.2) is 0 Å². The maximum absolute atomic E-state index is 12.5. The lowest BCUT2D eigenvalue weighted by atomic mass is 9.86. The summed E-state index contributed by atoms with van der Waals surface area (Å²) in [5, 5.41) is 3.44. The molecule has 19 heavy (non-hydrogen) atoms. The second kappa shape index (κ2) is 7.88. The molecular weight excluding hydrogens is 236 g/mol. The number of hydrogen-bond donors (Lipinski definition) is 1. The summed E-state index contributed by atoms with van der Waals surface area (Å²) in [6.07, 6.45) is 10.5. The van der Waals surface area contributed by atoms with Crippen molar-refractivity contribution in [2.45, 2.75) is 70.8 Å². The minimum Gasteiger partial charge on any atom is -0.339 e. The summed E-state index contributed by atoms with van der Waals surface area (Å²) in [6, 6.07) is 0.536. The van der Waals surface area contributed by atoms with E-state index in [1.54, 1.807) is 0 Å². The van der Waals surface area contributed by atoms with Gasteiger partial charge in [0.05, 0.1) is 0 Å². The topological polar surface area (TPSA) is 32.3 Å². The first-order valence-corrected chi connectivity index (χ1v) is 8.33. The number of unbranched alkanes of at least 4 members (excludes halogenated alkanes) is 1. The van der Waals surface area contributed by atoms with Crippen molar-refractivity contribution in [2.24, 2.45) is 5.92 Å². The molecule has 0 saturated carbocycles. The molecule has 1 unspecified atom stereocenters. The lowest BCUT2D eigenvalue weighted by Crippen LogP contribution is -2.47. The SMILES string of the molecule is CCCCC(=O)N1CCCCCC1C1CCNCC1. The van der Waals surface area contributed by atoms with Crippen LogP contribution in [0.5, 0.6) is 0 Å². The summed E-state index contributed by atoms with van der Waals surface area (Å²) in [6.45, 7) is 5.45. The normalized spacial score (nSPS) is 26.2. The molecule has 0 bridgehead atoms. The second-order valence-electron chi connectivity index (χ2n) is 6.19. The standard InChI is InChI=1S/C16H30N2O/c1-2-3-8-16(19)18-13-6-4-5-7-15(18)14-9-11-17-12-10-14/h14-15,17H,2-13H2,1H3. The van der Waals surface area contributed by atoms with Crippen molar-refractivity contribution in [3.05, 3.63) is 0 Å². The van der Waals surface area contributed by atoms with Crippen molar-refractivity contribution >= 4 is 5.91 Å². The molecule has 0 spiro atoms. The fourth-order valence-electron chi connectivity index (χ4n) is 3.63. The Morgan fingerprint density at radius 2 is 1.95 bits per heavy atom. The van der Waals surface area contributed by atoms with Gasteiger partial charge in [0.1, 0.15) is 0 Å². The van der Waals surface area contributed by atoms with Gasteiger partial charge in [0.2, 0.25) is 5.91 Å². The summed E-state index contributed by atoms with van der Waals surface area (Å²) in [5.41, 5.74) is 0. The minimum absolute atomic E-state index is 0.423. The van der Waals surface area contributed by atoms with E-state index < -0.39 is 0 Å². The third-order valence-electron chi connectivity index (χ3n) is 4.79. The number of hydrogen-bond acceptors (Lipinski definition) is 2. The Morgan fingerprint density at radius 1 is 1.16 bits per heavy atom. The molecule has 2 rings (SSSR count). The number of carbonyl (C=O) groups is 1.